The number of nitrogens with one attached hydrogen (secondary N) is 2. The number of ether oxygens (including phenoxy) is 1. The zero-order valence-electron chi connectivity index (χ0n) is 15.7. The molecule has 1 aromatic heterocycles. The molecule has 2 aromatic rings. The van der Waals surface area contributed by atoms with Crippen molar-refractivity contribution in [2.75, 3.05) is 17.3 Å². The fourth-order valence-electron chi connectivity index (χ4n) is 4.02. The lowest BCUT2D eigenvalue weighted by Crippen LogP contribution is -2.58. The quantitative estimate of drug-likeness (QED) is 0.646. The maximum absolute atomic E-state index is 6.83. The Morgan fingerprint density at radius 1 is 1.33 bits per heavy atom. The fraction of sp³-hybridized carbons (Fsp3) is 0.450. The maximum atomic E-state index is 6.83. The molecule has 2 aliphatic rings. The van der Waals surface area contributed by atoms with Crippen molar-refractivity contribution in [1.29, 1.82) is 0 Å². The molecular weight excluding hydrogens is 340 g/mol. The van der Waals surface area contributed by atoms with E-state index in [-0.39, 0.29) is 0 Å². The van der Waals surface area contributed by atoms with Crippen LogP contribution in [0.1, 0.15) is 38.4 Å². The first-order valence-electron chi connectivity index (χ1n) is 9.66. The van der Waals surface area contributed by atoms with Gasteiger partial charge in [-0.3, -0.25) is 0 Å². The van der Waals surface area contributed by atoms with Crippen LogP contribution in [-0.4, -0.2) is 28.0 Å². The summed E-state index contributed by atoms with van der Waals surface area (Å²) in [6.45, 7) is 2.61. The van der Waals surface area contributed by atoms with E-state index < -0.39 is 5.66 Å². The van der Waals surface area contributed by atoms with E-state index in [9.17, 15) is 0 Å². The van der Waals surface area contributed by atoms with Gasteiger partial charge in [0, 0.05) is 36.1 Å². The van der Waals surface area contributed by atoms with Crippen molar-refractivity contribution < 1.29 is 4.74 Å². The van der Waals surface area contributed by atoms with Crippen LogP contribution in [0.2, 0.25) is 0 Å². The van der Waals surface area contributed by atoms with Gasteiger partial charge >= 0.3 is 0 Å². The Balaban J connectivity index is 1.63. The Hall–Kier alpha value is -2.51. The van der Waals surface area contributed by atoms with Gasteiger partial charge in [0.2, 0.25) is 0 Å². The SMILES string of the molecule is CCOc1cccc(NC2=CC(N)(C3CCC(N)CC3)Nn3ccnc32)c1. The van der Waals surface area contributed by atoms with Crippen molar-refractivity contribution in [2.45, 2.75) is 44.3 Å². The van der Waals surface area contributed by atoms with Gasteiger partial charge in [0.15, 0.2) is 5.82 Å². The van der Waals surface area contributed by atoms with Crippen molar-refractivity contribution >= 4 is 11.4 Å². The number of aromatic nitrogens is 2. The molecule has 144 valence electrons. The molecule has 6 N–H and O–H groups in total. The predicted molar refractivity (Wildman–Crippen MR) is 108 cm³/mol. The van der Waals surface area contributed by atoms with Crippen LogP contribution in [0.25, 0.3) is 5.70 Å². The first-order chi connectivity index (χ1) is 13.1. The van der Waals surface area contributed by atoms with Crippen LogP contribution in [0.5, 0.6) is 5.75 Å². The Bertz CT molecular complexity index is 823. The second kappa shape index (κ2) is 7.25. The molecule has 1 unspecified atom stereocenters. The first kappa shape index (κ1) is 17.9. The maximum Gasteiger partial charge on any atom is 0.174 e. The molecule has 27 heavy (non-hydrogen) atoms. The molecular formula is C20H28N6O. The molecule has 2 heterocycles. The first-order valence-corrected chi connectivity index (χ1v) is 9.66. The Morgan fingerprint density at radius 3 is 2.93 bits per heavy atom. The number of hydrogen-bond acceptors (Lipinski definition) is 6. The number of nitrogens with two attached hydrogens (primary N) is 2. The molecule has 0 amide bonds. The van der Waals surface area contributed by atoms with Crippen molar-refractivity contribution in [3.63, 3.8) is 0 Å². The van der Waals surface area contributed by atoms with Crippen LogP contribution in [0.4, 0.5) is 5.69 Å². The highest BCUT2D eigenvalue weighted by atomic mass is 16.5. The molecule has 1 atom stereocenters. The summed E-state index contributed by atoms with van der Waals surface area (Å²) in [7, 11) is 0. The number of anilines is 1. The standard InChI is InChI=1S/C20H28N6O/c1-2-27-17-5-3-4-16(12-17)24-18-13-20(22,14-6-8-15(21)9-7-14)25-26-11-10-23-19(18)26/h3-5,10-15,24-25H,2,6-9,21-22H2,1H3. The van der Waals surface area contributed by atoms with Crippen LogP contribution in [0, 0.1) is 5.92 Å². The number of hydrogen-bond donors (Lipinski definition) is 4. The van der Waals surface area contributed by atoms with Gasteiger partial charge in [0.25, 0.3) is 0 Å². The van der Waals surface area contributed by atoms with Crippen molar-refractivity contribution in [2.24, 2.45) is 17.4 Å². The lowest BCUT2D eigenvalue weighted by Gasteiger charge is -2.42. The number of benzene rings is 1. The number of rotatable bonds is 5. The third-order valence-corrected chi connectivity index (χ3v) is 5.45. The second-order valence-corrected chi connectivity index (χ2v) is 7.42. The van der Waals surface area contributed by atoms with Crippen LogP contribution in [0.3, 0.4) is 0 Å². The average molecular weight is 368 g/mol. The number of nitrogens with zero attached hydrogens (tertiary/aromatic N) is 2. The van der Waals surface area contributed by atoms with E-state index in [0.29, 0.717) is 18.6 Å². The predicted octanol–water partition coefficient (Wildman–Crippen LogP) is 2.46. The normalized spacial score (nSPS) is 27.3. The largest absolute Gasteiger partial charge is 0.494 e. The molecule has 1 aromatic carbocycles. The molecule has 1 saturated carbocycles. The third-order valence-electron chi connectivity index (χ3n) is 5.45. The molecule has 4 rings (SSSR count). The molecule has 1 aliphatic carbocycles. The van der Waals surface area contributed by atoms with Crippen molar-refractivity contribution in [3.8, 4) is 5.75 Å². The van der Waals surface area contributed by atoms with Gasteiger partial charge in [-0.15, -0.1) is 0 Å². The van der Waals surface area contributed by atoms with Crippen LogP contribution >= 0.6 is 0 Å². The highest BCUT2D eigenvalue weighted by Crippen LogP contribution is 2.35. The summed E-state index contributed by atoms with van der Waals surface area (Å²) in [5.41, 5.74) is 17.5. The smallest absolute Gasteiger partial charge is 0.174 e. The van der Waals surface area contributed by atoms with Gasteiger partial charge in [-0.25, -0.2) is 9.66 Å². The summed E-state index contributed by atoms with van der Waals surface area (Å²) in [5, 5.41) is 3.48. The van der Waals surface area contributed by atoms with Gasteiger partial charge in [-0.05, 0) is 50.8 Å². The van der Waals surface area contributed by atoms with E-state index in [1.54, 1.807) is 6.20 Å². The lowest BCUT2D eigenvalue weighted by molar-refractivity contribution is 0.239. The minimum absolute atomic E-state index is 0.292. The molecule has 0 saturated heterocycles. The van der Waals surface area contributed by atoms with Gasteiger partial charge in [0.1, 0.15) is 11.4 Å². The second-order valence-electron chi connectivity index (χ2n) is 7.42. The van der Waals surface area contributed by atoms with Crippen LogP contribution in [0.15, 0.2) is 42.7 Å². The van der Waals surface area contributed by atoms with Gasteiger partial charge in [-0.1, -0.05) is 6.07 Å². The molecule has 1 fully saturated rings. The summed E-state index contributed by atoms with van der Waals surface area (Å²) in [6, 6.07) is 8.21. The number of fused-ring (bicyclic) bond motifs is 1. The summed E-state index contributed by atoms with van der Waals surface area (Å²) in [4.78, 5) is 4.48. The Labute approximate surface area is 159 Å². The topological polar surface area (TPSA) is 103 Å². The summed E-state index contributed by atoms with van der Waals surface area (Å²) >= 11 is 0. The zero-order chi connectivity index (χ0) is 18.9. The highest BCUT2D eigenvalue weighted by molar-refractivity contribution is 5.76. The molecule has 0 spiro atoms. The summed E-state index contributed by atoms with van der Waals surface area (Å²) in [6.07, 6.45) is 9.79. The van der Waals surface area contributed by atoms with E-state index in [0.717, 1.165) is 48.6 Å². The lowest BCUT2D eigenvalue weighted by atomic mass is 9.78. The molecule has 7 heteroatoms. The average Bonchev–Trinajstić information content (AvgIpc) is 3.11. The molecule has 1 aliphatic heterocycles. The van der Waals surface area contributed by atoms with Crippen LogP contribution in [-0.2, 0) is 0 Å². The minimum Gasteiger partial charge on any atom is -0.494 e. The number of imidazole rings is 1. The fourth-order valence-corrected chi connectivity index (χ4v) is 4.02. The highest BCUT2D eigenvalue weighted by Gasteiger charge is 2.39. The van der Waals surface area contributed by atoms with E-state index >= 15 is 0 Å². The third kappa shape index (κ3) is 3.65. The van der Waals surface area contributed by atoms with Crippen molar-refractivity contribution in [1.82, 2.24) is 9.66 Å². The van der Waals surface area contributed by atoms with Gasteiger partial charge in [-0.2, -0.15) is 0 Å². The van der Waals surface area contributed by atoms with E-state index in [1.165, 1.54) is 0 Å². The summed E-state index contributed by atoms with van der Waals surface area (Å²) < 4.78 is 7.51. The monoisotopic (exact) mass is 368 g/mol. The van der Waals surface area contributed by atoms with E-state index in [4.69, 9.17) is 16.2 Å². The van der Waals surface area contributed by atoms with Gasteiger partial charge in [0.05, 0.1) is 12.3 Å². The van der Waals surface area contributed by atoms with Crippen molar-refractivity contribution in [3.05, 3.63) is 48.6 Å². The van der Waals surface area contributed by atoms with Gasteiger partial charge < -0.3 is 26.9 Å². The van der Waals surface area contributed by atoms with Crippen LogP contribution < -0.4 is 26.9 Å². The zero-order valence-corrected chi connectivity index (χ0v) is 15.7. The minimum atomic E-state index is -0.645. The summed E-state index contributed by atoms with van der Waals surface area (Å²) in [5.74, 6) is 1.96. The Morgan fingerprint density at radius 2 is 2.15 bits per heavy atom. The van der Waals surface area contributed by atoms with E-state index in [2.05, 4.69) is 21.8 Å². The molecule has 0 radical (unpaired) electrons. The molecule has 0 bridgehead atoms. The Kier molecular flexibility index (Phi) is 4.80. The molecule has 7 nitrogen and oxygen atoms in total. The van der Waals surface area contributed by atoms with E-state index in [1.807, 2.05) is 42.1 Å².